The van der Waals surface area contributed by atoms with E-state index in [4.69, 9.17) is 4.74 Å². The van der Waals surface area contributed by atoms with E-state index in [0.717, 1.165) is 5.69 Å². The van der Waals surface area contributed by atoms with Crippen LogP contribution in [-0.2, 0) is 16.0 Å². The van der Waals surface area contributed by atoms with Crippen LogP contribution in [0.2, 0.25) is 0 Å². The minimum Gasteiger partial charge on any atom is -0.496 e. The van der Waals surface area contributed by atoms with Crippen molar-refractivity contribution >= 4 is 39.1 Å². The number of carboxylic acids is 1. The number of carbonyl (C=O) groups is 2. The van der Waals surface area contributed by atoms with Crippen LogP contribution in [0.5, 0.6) is 5.75 Å². The summed E-state index contributed by atoms with van der Waals surface area (Å²) >= 11 is 4.77. The van der Waals surface area contributed by atoms with Crippen molar-refractivity contribution in [1.82, 2.24) is 10.3 Å². The maximum atomic E-state index is 12.0. The SMILES string of the molecule is COc1ccc(C(NC(=O)CCc2cscn2)C(=O)O)cc1Br. The molecule has 8 heteroatoms. The van der Waals surface area contributed by atoms with Crippen LogP contribution in [0.15, 0.2) is 33.6 Å². The number of ether oxygens (including phenoxy) is 1. The fourth-order valence-corrected chi connectivity index (χ4v) is 3.14. The molecule has 0 saturated carbocycles. The van der Waals surface area contributed by atoms with E-state index in [-0.39, 0.29) is 12.3 Å². The number of methoxy groups -OCH3 is 1. The molecule has 0 fully saturated rings. The average Bonchev–Trinajstić information content (AvgIpc) is 3.03. The fourth-order valence-electron chi connectivity index (χ4n) is 1.99. The Bertz CT molecular complexity index is 691. The molecule has 1 aromatic heterocycles. The number of nitrogens with zero attached hydrogens (tertiary/aromatic N) is 1. The van der Waals surface area contributed by atoms with Crippen LogP contribution in [0.1, 0.15) is 23.7 Å². The summed E-state index contributed by atoms with van der Waals surface area (Å²) < 4.78 is 5.74. The molecule has 6 nitrogen and oxygen atoms in total. The molecule has 23 heavy (non-hydrogen) atoms. The summed E-state index contributed by atoms with van der Waals surface area (Å²) in [4.78, 5) is 27.6. The van der Waals surface area contributed by atoms with Gasteiger partial charge in [0.05, 0.1) is 22.8 Å². The lowest BCUT2D eigenvalue weighted by Crippen LogP contribution is -2.33. The second-order valence-electron chi connectivity index (χ2n) is 4.71. The number of nitrogens with one attached hydrogen (secondary N) is 1. The van der Waals surface area contributed by atoms with Crippen molar-refractivity contribution in [3.8, 4) is 5.75 Å². The van der Waals surface area contributed by atoms with Crippen molar-refractivity contribution in [3.05, 3.63) is 44.8 Å². The Morgan fingerprint density at radius 1 is 1.48 bits per heavy atom. The van der Waals surface area contributed by atoms with Crippen molar-refractivity contribution in [2.24, 2.45) is 0 Å². The maximum Gasteiger partial charge on any atom is 0.330 e. The van der Waals surface area contributed by atoms with E-state index < -0.39 is 12.0 Å². The predicted molar refractivity (Wildman–Crippen MR) is 89.6 cm³/mol. The van der Waals surface area contributed by atoms with Crippen LogP contribution in [0, 0.1) is 0 Å². The highest BCUT2D eigenvalue weighted by atomic mass is 79.9. The lowest BCUT2D eigenvalue weighted by Gasteiger charge is -2.16. The van der Waals surface area contributed by atoms with Crippen molar-refractivity contribution in [1.29, 1.82) is 0 Å². The molecule has 1 aromatic carbocycles. The summed E-state index contributed by atoms with van der Waals surface area (Å²) in [5, 5.41) is 13.8. The molecule has 0 aliphatic rings. The van der Waals surface area contributed by atoms with E-state index in [9.17, 15) is 14.7 Å². The second-order valence-corrected chi connectivity index (χ2v) is 6.29. The van der Waals surface area contributed by atoms with Crippen LogP contribution in [0.3, 0.4) is 0 Å². The molecule has 1 unspecified atom stereocenters. The number of aliphatic carboxylic acids is 1. The number of hydrogen-bond donors (Lipinski definition) is 2. The van der Waals surface area contributed by atoms with E-state index in [1.165, 1.54) is 18.4 Å². The number of aryl methyl sites for hydroxylation is 1. The molecule has 0 bridgehead atoms. The molecule has 0 spiro atoms. The standard InChI is InChI=1S/C15H15BrN2O4S/c1-22-12-4-2-9(6-11(12)16)14(15(20)21)18-13(19)5-3-10-7-23-8-17-10/h2,4,6-8,14H,3,5H2,1H3,(H,18,19)(H,20,21). The second kappa shape index (κ2) is 8.07. The number of hydrogen-bond acceptors (Lipinski definition) is 5. The first-order valence-electron chi connectivity index (χ1n) is 6.74. The zero-order chi connectivity index (χ0) is 16.8. The topological polar surface area (TPSA) is 88.5 Å². The Balaban J connectivity index is 2.04. The molecule has 2 N–H and O–H groups in total. The lowest BCUT2D eigenvalue weighted by atomic mass is 10.1. The molecular weight excluding hydrogens is 384 g/mol. The molecular formula is C15H15BrN2O4S. The van der Waals surface area contributed by atoms with Gasteiger partial charge >= 0.3 is 5.97 Å². The lowest BCUT2D eigenvalue weighted by molar-refractivity contribution is -0.142. The maximum absolute atomic E-state index is 12.0. The van der Waals surface area contributed by atoms with E-state index in [2.05, 4.69) is 26.2 Å². The minimum absolute atomic E-state index is 0.185. The monoisotopic (exact) mass is 398 g/mol. The summed E-state index contributed by atoms with van der Waals surface area (Å²) in [7, 11) is 1.52. The van der Waals surface area contributed by atoms with Crippen molar-refractivity contribution in [2.45, 2.75) is 18.9 Å². The molecule has 0 aliphatic carbocycles. The Hall–Kier alpha value is -1.93. The van der Waals surface area contributed by atoms with Crippen molar-refractivity contribution in [2.75, 3.05) is 7.11 Å². The molecule has 0 aliphatic heterocycles. The van der Waals surface area contributed by atoms with Gasteiger partial charge in [0.15, 0.2) is 6.04 Å². The first kappa shape index (κ1) is 17.4. The number of carboxylic acid groups (broad SMARTS) is 1. The largest absolute Gasteiger partial charge is 0.496 e. The first-order valence-corrected chi connectivity index (χ1v) is 8.47. The zero-order valence-electron chi connectivity index (χ0n) is 12.3. The van der Waals surface area contributed by atoms with Crippen LogP contribution >= 0.6 is 27.3 Å². The highest BCUT2D eigenvalue weighted by Crippen LogP contribution is 2.28. The van der Waals surface area contributed by atoms with Gasteiger partial charge in [-0.2, -0.15) is 0 Å². The van der Waals surface area contributed by atoms with Gasteiger partial charge in [-0.3, -0.25) is 4.79 Å². The van der Waals surface area contributed by atoms with Gasteiger partial charge in [-0.1, -0.05) is 6.07 Å². The Morgan fingerprint density at radius 3 is 2.83 bits per heavy atom. The van der Waals surface area contributed by atoms with Crippen LogP contribution < -0.4 is 10.1 Å². The number of carbonyl (C=O) groups excluding carboxylic acids is 1. The highest BCUT2D eigenvalue weighted by Gasteiger charge is 2.22. The summed E-state index contributed by atoms with van der Waals surface area (Å²) in [5.41, 5.74) is 2.98. The molecule has 0 radical (unpaired) electrons. The molecule has 1 heterocycles. The molecule has 2 aromatic rings. The van der Waals surface area contributed by atoms with E-state index in [1.54, 1.807) is 23.7 Å². The van der Waals surface area contributed by atoms with Gasteiger partial charge in [0.2, 0.25) is 5.91 Å². The van der Waals surface area contributed by atoms with Gasteiger partial charge in [-0.25, -0.2) is 9.78 Å². The number of aromatic nitrogens is 1. The summed E-state index contributed by atoms with van der Waals surface area (Å²) in [6.07, 6.45) is 0.665. The Morgan fingerprint density at radius 2 is 2.26 bits per heavy atom. The molecule has 1 atom stereocenters. The van der Waals surface area contributed by atoms with Crippen LogP contribution in [-0.4, -0.2) is 29.1 Å². The van der Waals surface area contributed by atoms with E-state index >= 15 is 0 Å². The number of benzene rings is 1. The summed E-state index contributed by atoms with van der Waals surface area (Å²) in [6, 6.07) is 3.78. The first-order chi connectivity index (χ1) is 11.0. The minimum atomic E-state index is -1.12. The van der Waals surface area contributed by atoms with E-state index in [1.807, 2.05) is 5.38 Å². The Labute approximate surface area is 145 Å². The number of halogens is 1. The molecule has 122 valence electrons. The van der Waals surface area contributed by atoms with Gasteiger partial charge in [0, 0.05) is 11.8 Å². The van der Waals surface area contributed by atoms with Gasteiger partial charge in [-0.05, 0) is 40.0 Å². The highest BCUT2D eigenvalue weighted by molar-refractivity contribution is 9.10. The normalized spacial score (nSPS) is 11.7. The summed E-state index contributed by atoms with van der Waals surface area (Å²) in [6.45, 7) is 0. The van der Waals surface area contributed by atoms with Gasteiger partial charge < -0.3 is 15.2 Å². The summed E-state index contributed by atoms with van der Waals surface area (Å²) in [5.74, 6) is -0.867. The predicted octanol–water partition coefficient (Wildman–Crippen LogP) is 2.79. The van der Waals surface area contributed by atoms with Gasteiger partial charge in [0.1, 0.15) is 5.75 Å². The van der Waals surface area contributed by atoms with Crippen molar-refractivity contribution < 1.29 is 19.4 Å². The number of amides is 1. The Kier molecular flexibility index (Phi) is 6.12. The molecule has 0 saturated heterocycles. The average molecular weight is 399 g/mol. The van der Waals surface area contributed by atoms with Gasteiger partial charge in [-0.15, -0.1) is 11.3 Å². The number of rotatable bonds is 7. The van der Waals surface area contributed by atoms with Crippen LogP contribution in [0.4, 0.5) is 0 Å². The van der Waals surface area contributed by atoms with Gasteiger partial charge in [0.25, 0.3) is 0 Å². The van der Waals surface area contributed by atoms with Crippen molar-refractivity contribution in [3.63, 3.8) is 0 Å². The van der Waals surface area contributed by atoms with E-state index in [0.29, 0.717) is 22.2 Å². The zero-order valence-corrected chi connectivity index (χ0v) is 14.7. The van der Waals surface area contributed by atoms with Crippen LogP contribution in [0.25, 0.3) is 0 Å². The fraction of sp³-hybridized carbons (Fsp3) is 0.267. The molecule has 1 amide bonds. The number of thiazole rings is 1. The smallest absolute Gasteiger partial charge is 0.330 e. The molecule has 2 rings (SSSR count). The third kappa shape index (κ3) is 4.77. The third-order valence-corrected chi connectivity index (χ3v) is 4.41. The third-order valence-electron chi connectivity index (χ3n) is 3.15. The quantitative estimate of drug-likeness (QED) is 0.748.